The highest BCUT2D eigenvalue weighted by molar-refractivity contribution is 6.04. The van der Waals surface area contributed by atoms with Gasteiger partial charge in [-0.3, -0.25) is 10.7 Å². The van der Waals surface area contributed by atoms with Gasteiger partial charge in [-0.05, 0) is 12.5 Å². The fraction of sp³-hybridized carbons (Fsp3) is 0.429. The number of amides is 1. The Hall–Kier alpha value is -1.88. The Morgan fingerprint density at radius 1 is 1.32 bits per heavy atom. The second-order valence-corrected chi connectivity index (χ2v) is 3.89. The van der Waals surface area contributed by atoms with Gasteiger partial charge in [0.1, 0.15) is 12.4 Å². The first-order valence-corrected chi connectivity index (χ1v) is 6.30. The van der Waals surface area contributed by atoms with Crippen molar-refractivity contribution >= 4 is 11.9 Å². The highest BCUT2D eigenvalue weighted by Crippen LogP contribution is 1.97. The molecule has 1 radical (unpaired) electrons. The molecule has 2 N–H and O–H groups in total. The Kier molecular flexibility index (Phi) is 7.27. The molecule has 1 aromatic carbocycles. The first-order chi connectivity index (χ1) is 9.24. The summed E-state index contributed by atoms with van der Waals surface area (Å²) in [5, 5.41) is 10.0. The smallest absolute Gasteiger partial charge is 0.412 e. The number of carbonyl (C=O) groups is 1. The SMILES string of the molecule is CCCCOCCOC(=O)NC(=N)c1cc[c]cc1. The normalized spacial score (nSPS) is 9.95. The van der Waals surface area contributed by atoms with Gasteiger partial charge in [0.15, 0.2) is 0 Å². The molecule has 0 aliphatic heterocycles. The Labute approximate surface area is 113 Å². The zero-order valence-corrected chi connectivity index (χ0v) is 11.1. The molecule has 5 heteroatoms. The minimum absolute atomic E-state index is 0.00546. The summed E-state index contributed by atoms with van der Waals surface area (Å²) in [6, 6.07) is 9.58. The van der Waals surface area contributed by atoms with Crippen molar-refractivity contribution in [2.45, 2.75) is 19.8 Å². The monoisotopic (exact) mass is 263 g/mol. The highest BCUT2D eigenvalue weighted by Gasteiger charge is 2.06. The third kappa shape index (κ3) is 6.57. The largest absolute Gasteiger partial charge is 0.447 e. The average Bonchev–Trinajstić information content (AvgIpc) is 2.43. The zero-order chi connectivity index (χ0) is 13.9. The summed E-state index contributed by atoms with van der Waals surface area (Å²) in [4.78, 5) is 11.4. The van der Waals surface area contributed by atoms with Crippen molar-refractivity contribution in [3.05, 3.63) is 35.9 Å². The Bertz CT molecular complexity index is 393. The summed E-state index contributed by atoms with van der Waals surface area (Å²) in [6.45, 7) is 3.32. The van der Waals surface area contributed by atoms with E-state index in [9.17, 15) is 4.79 Å². The van der Waals surface area contributed by atoms with Gasteiger partial charge in [0.25, 0.3) is 0 Å². The van der Waals surface area contributed by atoms with E-state index in [2.05, 4.69) is 18.3 Å². The van der Waals surface area contributed by atoms with E-state index in [-0.39, 0.29) is 12.4 Å². The molecule has 0 aliphatic carbocycles. The van der Waals surface area contributed by atoms with Crippen molar-refractivity contribution in [2.24, 2.45) is 0 Å². The van der Waals surface area contributed by atoms with Gasteiger partial charge in [-0.2, -0.15) is 0 Å². The molecule has 0 spiro atoms. The molecule has 0 fully saturated rings. The molecular weight excluding hydrogens is 244 g/mol. The highest BCUT2D eigenvalue weighted by atomic mass is 16.6. The van der Waals surface area contributed by atoms with Gasteiger partial charge in [-0.25, -0.2) is 4.79 Å². The van der Waals surface area contributed by atoms with Crippen LogP contribution in [-0.2, 0) is 9.47 Å². The van der Waals surface area contributed by atoms with Crippen LogP contribution in [0.2, 0.25) is 0 Å². The van der Waals surface area contributed by atoms with Crippen LogP contribution < -0.4 is 5.32 Å². The second-order valence-electron chi connectivity index (χ2n) is 3.89. The number of benzene rings is 1. The molecule has 103 valence electrons. The number of hydrogen-bond acceptors (Lipinski definition) is 4. The molecule has 19 heavy (non-hydrogen) atoms. The van der Waals surface area contributed by atoms with Crippen LogP contribution >= 0.6 is 0 Å². The van der Waals surface area contributed by atoms with Gasteiger partial charge in [0.2, 0.25) is 0 Å². The first kappa shape index (κ1) is 15.2. The number of alkyl carbamates (subject to hydrolysis) is 1. The molecule has 1 amide bonds. The predicted molar refractivity (Wildman–Crippen MR) is 72.3 cm³/mol. The van der Waals surface area contributed by atoms with E-state index in [0.29, 0.717) is 18.8 Å². The number of amidine groups is 1. The van der Waals surface area contributed by atoms with Crippen molar-refractivity contribution in [3.8, 4) is 0 Å². The minimum Gasteiger partial charge on any atom is -0.447 e. The van der Waals surface area contributed by atoms with Crippen LogP contribution in [0, 0.1) is 11.5 Å². The summed E-state index contributed by atoms with van der Waals surface area (Å²) in [6.07, 6.45) is 1.44. The van der Waals surface area contributed by atoms with Gasteiger partial charge in [0, 0.05) is 12.2 Å². The second kappa shape index (κ2) is 9.10. The maximum absolute atomic E-state index is 11.4. The first-order valence-electron chi connectivity index (χ1n) is 6.30. The maximum atomic E-state index is 11.4. The molecular formula is C14H19N2O3. The summed E-state index contributed by atoms with van der Waals surface area (Å²) in [5.74, 6) is 0.00546. The number of unbranched alkanes of at least 4 members (excludes halogenated alkanes) is 1. The van der Waals surface area contributed by atoms with Crippen LogP contribution in [0.3, 0.4) is 0 Å². The molecule has 0 bridgehead atoms. The van der Waals surface area contributed by atoms with Crippen molar-refractivity contribution < 1.29 is 14.3 Å². The van der Waals surface area contributed by atoms with Crippen molar-refractivity contribution in [2.75, 3.05) is 19.8 Å². The van der Waals surface area contributed by atoms with Gasteiger partial charge < -0.3 is 9.47 Å². The van der Waals surface area contributed by atoms with E-state index in [1.807, 2.05) is 0 Å². The van der Waals surface area contributed by atoms with Crippen molar-refractivity contribution in [3.63, 3.8) is 0 Å². The predicted octanol–water partition coefficient (Wildman–Crippen LogP) is 2.36. The molecule has 0 heterocycles. The van der Waals surface area contributed by atoms with Crippen LogP contribution in [0.5, 0.6) is 0 Å². The van der Waals surface area contributed by atoms with Crippen LogP contribution in [0.4, 0.5) is 4.79 Å². The van der Waals surface area contributed by atoms with Crippen LogP contribution in [0.1, 0.15) is 25.3 Å². The van der Waals surface area contributed by atoms with Gasteiger partial charge in [0.05, 0.1) is 6.61 Å². The lowest BCUT2D eigenvalue weighted by Crippen LogP contribution is -2.31. The minimum atomic E-state index is -0.642. The van der Waals surface area contributed by atoms with Crippen molar-refractivity contribution in [1.29, 1.82) is 5.41 Å². The van der Waals surface area contributed by atoms with E-state index in [1.54, 1.807) is 24.3 Å². The Morgan fingerprint density at radius 2 is 2.05 bits per heavy atom. The fourth-order valence-corrected chi connectivity index (χ4v) is 1.31. The molecule has 0 saturated carbocycles. The van der Waals surface area contributed by atoms with E-state index in [1.165, 1.54) is 0 Å². The summed E-state index contributed by atoms with van der Waals surface area (Å²) in [5.41, 5.74) is 0.606. The maximum Gasteiger partial charge on any atom is 0.412 e. The average molecular weight is 263 g/mol. The quantitative estimate of drug-likeness (QED) is 0.450. The lowest BCUT2D eigenvalue weighted by atomic mass is 10.2. The summed E-state index contributed by atoms with van der Waals surface area (Å²) >= 11 is 0. The Morgan fingerprint density at radius 3 is 2.74 bits per heavy atom. The molecule has 0 saturated heterocycles. The lowest BCUT2D eigenvalue weighted by molar-refractivity contribution is 0.0733. The standard InChI is InChI=1S/C14H19N2O3/c1-2-3-9-18-10-11-19-14(17)16-13(15)12-7-5-4-6-8-12/h5-8H,2-3,9-11H2,1H3,(H2,15,16,17). The number of rotatable bonds is 7. The van der Waals surface area contributed by atoms with Crippen molar-refractivity contribution in [1.82, 2.24) is 5.32 Å². The topological polar surface area (TPSA) is 71.4 Å². The van der Waals surface area contributed by atoms with E-state index >= 15 is 0 Å². The van der Waals surface area contributed by atoms with E-state index in [0.717, 1.165) is 12.8 Å². The van der Waals surface area contributed by atoms with Crippen LogP contribution in [0.15, 0.2) is 24.3 Å². The van der Waals surface area contributed by atoms with E-state index in [4.69, 9.17) is 14.9 Å². The Balaban J connectivity index is 2.16. The number of hydrogen-bond donors (Lipinski definition) is 2. The molecule has 0 aromatic heterocycles. The van der Waals surface area contributed by atoms with Gasteiger partial charge in [-0.15, -0.1) is 0 Å². The number of ether oxygens (including phenoxy) is 2. The lowest BCUT2D eigenvalue weighted by Gasteiger charge is -2.08. The molecule has 0 aliphatic rings. The zero-order valence-electron chi connectivity index (χ0n) is 11.1. The third-order valence-electron chi connectivity index (χ3n) is 2.34. The molecule has 1 aromatic rings. The molecule has 5 nitrogen and oxygen atoms in total. The summed E-state index contributed by atoms with van der Waals surface area (Å²) < 4.78 is 10.1. The fourth-order valence-electron chi connectivity index (χ4n) is 1.31. The molecule has 0 unspecified atom stereocenters. The van der Waals surface area contributed by atoms with Gasteiger partial charge >= 0.3 is 6.09 Å². The van der Waals surface area contributed by atoms with Gasteiger partial charge in [-0.1, -0.05) is 37.6 Å². The van der Waals surface area contributed by atoms with Crippen LogP contribution in [-0.4, -0.2) is 31.7 Å². The third-order valence-corrected chi connectivity index (χ3v) is 2.34. The van der Waals surface area contributed by atoms with E-state index < -0.39 is 6.09 Å². The van der Waals surface area contributed by atoms with Crippen LogP contribution in [0.25, 0.3) is 0 Å². The molecule has 1 rings (SSSR count). The number of nitrogens with one attached hydrogen (secondary N) is 2. The summed E-state index contributed by atoms with van der Waals surface area (Å²) in [7, 11) is 0. The number of carbonyl (C=O) groups excluding carboxylic acids is 1. The molecule has 0 atom stereocenters.